The second-order valence-corrected chi connectivity index (χ2v) is 8.03. The Kier molecular flexibility index (Phi) is 5.05. The van der Waals surface area contributed by atoms with Crippen molar-refractivity contribution in [3.63, 3.8) is 0 Å². The molecule has 0 saturated carbocycles. The molecule has 0 aliphatic heterocycles. The first kappa shape index (κ1) is 18.1. The van der Waals surface area contributed by atoms with Crippen LogP contribution in [0.2, 0.25) is 0 Å². The lowest BCUT2D eigenvalue weighted by Crippen LogP contribution is -2.13. The summed E-state index contributed by atoms with van der Waals surface area (Å²) < 4.78 is 24.1. The van der Waals surface area contributed by atoms with Gasteiger partial charge in [-0.2, -0.15) is 0 Å². The number of sulfone groups is 1. The van der Waals surface area contributed by atoms with Crippen molar-refractivity contribution in [2.24, 2.45) is 0 Å². The molecule has 0 spiro atoms. The van der Waals surface area contributed by atoms with Gasteiger partial charge in [-0.1, -0.05) is 22.0 Å². The fourth-order valence-electron chi connectivity index (χ4n) is 1.91. The number of rotatable bonds is 4. The topological polar surface area (TPSA) is 106 Å². The number of hydrogen-bond donors (Lipinski definition) is 1. The number of aryl methyl sites for hydroxylation is 1. The van der Waals surface area contributed by atoms with E-state index in [1.807, 2.05) is 6.92 Å². The van der Waals surface area contributed by atoms with E-state index in [4.69, 9.17) is 0 Å². The number of carbonyl (C=O) groups is 1. The molecule has 0 aliphatic rings. The highest BCUT2D eigenvalue weighted by molar-refractivity contribution is 9.10. The lowest BCUT2D eigenvalue weighted by atomic mass is 10.1. The molecule has 2 aromatic carbocycles. The third-order valence-corrected chi connectivity index (χ3v) is 5.17. The Labute approximate surface area is 146 Å². The van der Waals surface area contributed by atoms with E-state index in [-0.39, 0.29) is 10.5 Å². The number of nitrogens with one attached hydrogen (secondary N) is 1. The zero-order valence-electron chi connectivity index (χ0n) is 12.7. The van der Waals surface area contributed by atoms with Gasteiger partial charge in [0.25, 0.3) is 11.6 Å². The van der Waals surface area contributed by atoms with E-state index < -0.39 is 26.4 Å². The number of hydrogen-bond acceptors (Lipinski definition) is 5. The molecule has 1 amide bonds. The van der Waals surface area contributed by atoms with E-state index >= 15 is 0 Å². The Hall–Kier alpha value is -2.26. The molecule has 0 radical (unpaired) electrons. The van der Waals surface area contributed by atoms with E-state index in [0.29, 0.717) is 5.69 Å². The van der Waals surface area contributed by atoms with Gasteiger partial charge in [0, 0.05) is 34.1 Å². The number of nitro groups is 1. The fourth-order valence-corrected chi connectivity index (χ4v) is 2.96. The largest absolute Gasteiger partial charge is 0.322 e. The molecule has 0 bridgehead atoms. The van der Waals surface area contributed by atoms with E-state index in [1.54, 1.807) is 18.2 Å². The number of non-ortho nitro benzene ring substituents is 1. The van der Waals surface area contributed by atoms with Crippen LogP contribution in [-0.2, 0) is 9.84 Å². The van der Waals surface area contributed by atoms with Crippen LogP contribution in [0.3, 0.4) is 0 Å². The molecule has 24 heavy (non-hydrogen) atoms. The van der Waals surface area contributed by atoms with Crippen LogP contribution in [0.1, 0.15) is 15.9 Å². The van der Waals surface area contributed by atoms with Crippen LogP contribution in [-0.4, -0.2) is 25.5 Å². The molecule has 0 atom stereocenters. The number of nitro benzene ring substituents is 1. The summed E-state index contributed by atoms with van der Waals surface area (Å²) in [6.07, 6.45) is 0.921. The number of amides is 1. The minimum absolute atomic E-state index is 0.110. The summed E-state index contributed by atoms with van der Waals surface area (Å²) in [5.74, 6) is -0.639. The van der Waals surface area contributed by atoms with Crippen LogP contribution in [0.5, 0.6) is 0 Å². The molecule has 0 saturated heterocycles. The summed E-state index contributed by atoms with van der Waals surface area (Å²) in [5, 5.41) is 13.6. The van der Waals surface area contributed by atoms with Crippen LogP contribution in [0.4, 0.5) is 11.4 Å². The average molecular weight is 413 g/mol. The summed E-state index contributed by atoms with van der Waals surface area (Å²) in [7, 11) is -3.69. The maximum Gasteiger partial charge on any atom is 0.271 e. The molecule has 0 aliphatic carbocycles. The Morgan fingerprint density at radius 3 is 2.42 bits per heavy atom. The van der Waals surface area contributed by atoms with Gasteiger partial charge in [0.15, 0.2) is 9.84 Å². The van der Waals surface area contributed by atoms with Gasteiger partial charge in [-0.3, -0.25) is 14.9 Å². The van der Waals surface area contributed by atoms with Crippen molar-refractivity contribution in [2.75, 3.05) is 11.6 Å². The lowest BCUT2D eigenvalue weighted by molar-refractivity contribution is -0.385. The van der Waals surface area contributed by atoms with Crippen LogP contribution >= 0.6 is 15.9 Å². The van der Waals surface area contributed by atoms with Crippen molar-refractivity contribution < 1.29 is 18.1 Å². The summed E-state index contributed by atoms with van der Waals surface area (Å²) in [6.45, 7) is 1.88. The number of benzene rings is 2. The van der Waals surface area contributed by atoms with Gasteiger partial charge < -0.3 is 5.32 Å². The molecule has 2 aromatic rings. The Morgan fingerprint density at radius 2 is 1.88 bits per heavy atom. The van der Waals surface area contributed by atoms with Crippen molar-refractivity contribution in [2.45, 2.75) is 11.8 Å². The molecule has 0 aromatic heterocycles. The van der Waals surface area contributed by atoms with Gasteiger partial charge in [0.2, 0.25) is 0 Å². The summed E-state index contributed by atoms with van der Waals surface area (Å²) in [5.41, 5.74) is 0.877. The third kappa shape index (κ3) is 4.18. The SMILES string of the molecule is Cc1ccc(NC(=O)c2cc([N+](=O)[O-])cc(S(C)(=O)=O)c2)cc1Br. The molecule has 0 fully saturated rings. The molecule has 0 heterocycles. The lowest BCUT2D eigenvalue weighted by Gasteiger charge is -2.08. The molecule has 7 nitrogen and oxygen atoms in total. The van der Waals surface area contributed by atoms with Crippen molar-refractivity contribution in [1.29, 1.82) is 0 Å². The summed E-state index contributed by atoms with van der Waals surface area (Å²) in [4.78, 5) is 22.3. The molecule has 9 heteroatoms. The van der Waals surface area contributed by atoms with Gasteiger partial charge in [-0.15, -0.1) is 0 Å². The number of nitrogens with zero attached hydrogens (tertiary/aromatic N) is 1. The summed E-state index contributed by atoms with van der Waals surface area (Å²) >= 11 is 3.34. The quantitative estimate of drug-likeness (QED) is 0.611. The van der Waals surface area contributed by atoms with Gasteiger partial charge in [0.1, 0.15) is 0 Å². The van der Waals surface area contributed by atoms with Gasteiger partial charge >= 0.3 is 0 Å². The maximum absolute atomic E-state index is 12.3. The van der Waals surface area contributed by atoms with Gasteiger partial charge in [-0.25, -0.2) is 8.42 Å². The maximum atomic E-state index is 12.3. The van der Waals surface area contributed by atoms with E-state index in [1.165, 1.54) is 0 Å². The highest BCUT2D eigenvalue weighted by Crippen LogP contribution is 2.24. The molecular weight excluding hydrogens is 400 g/mol. The standard InChI is InChI=1S/C15H13BrN2O5S/c1-9-3-4-11(7-14(9)16)17-15(19)10-5-12(18(20)21)8-13(6-10)24(2,22)23/h3-8H,1-2H3,(H,17,19). The first-order valence-electron chi connectivity index (χ1n) is 6.65. The van der Waals surface area contributed by atoms with Crippen molar-refractivity contribution >= 4 is 43.0 Å². The van der Waals surface area contributed by atoms with Crippen molar-refractivity contribution in [1.82, 2.24) is 0 Å². The zero-order chi connectivity index (χ0) is 18.1. The highest BCUT2D eigenvalue weighted by Gasteiger charge is 2.19. The van der Waals surface area contributed by atoms with E-state index in [0.717, 1.165) is 34.5 Å². The normalized spacial score (nSPS) is 11.1. The van der Waals surface area contributed by atoms with Crippen molar-refractivity contribution in [3.05, 3.63) is 62.1 Å². The molecule has 2 rings (SSSR count). The Bertz CT molecular complexity index is 941. The molecular formula is C15H13BrN2O5S. The second-order valence-electron chi connectivity index (χ2n) is 5.16. The predicted octanol–water partition coefficient (Wildman–Crippen LogP) is 3.32. The van der Waals surface area contributed by atoms with Crippen LogP contribution in [0, 0.1) is 17.0 Å². The van der Waals surface area contributed by atoms with Gasteiger partial charge in [0.05, 0.1) is 9.82 Å². The molecule has 0 unspecified atom stereocenters. The number of carbonyl (C=O) groups excluding carboxylic acids is 1. The monoisotopic (exact) mass is 412 g/mol. The minimum atomic E-state index is -3.69. The smallest absolute Gasteiger partial charge is 0.271 e. The number of halogens is 1. The molecule has 126 valence electrons. The highest BCUT2D eigenvalue weighted by atomic mass is 79.9. The third-order valence-electron chi connectivity index (χ3n) is 3.22. The zero-order valence-corrected chi connectivity index (χ0v) is 15.1. The Morgan fingerprint density at radius 1 is 1.21 bits per heavy atom. The number of anilines is 1. The van der Waals surface area contributed by atoms with Crippen LogP contribution in [0.15, 0.2) is 45.8 Å². The predicted molar refractivity (Wildman–Crippen MR) is 93.0 cm³/mol. The second kappa shape index (κ2) is 6.70. The first-order chi connectivity index (χ1) is 11.1. The van der Waals surface area contributed by atoms with Crippen LogP contribution in [0.25, 0.3) is 0 Å². The Balaban J connectivity index is 2.42. The average Bonchev–Trinajstić information content (AvgIpc) is 2.49. The van der Waals surface area contributed by atoms with Gasteiger partial charge in [-0.05, 0) is 30.7 Å². The van der Waals surface area contributed by atoms with Crippen molar-refractivity contribution in [3.8, 4) is 0 Å². The van der Waals surface area contributed by atoms with E-state index in [9.17, 15) is 23.3 Å². The molecule has 1 N–H and O–H groups in total. The minimum Gasteiger partial charge on any atom is -0.322 e. The fraction of sp³-hybridized carbons (Fsp3) is 0.133. The summed E-state index contributed by atoms with van der Waals surface area (Å²) in [6, 6.07) is 8.21. The van der Waals surface area contributed by atoms with E-state index in [2.05, 4.69) is 21.2 Å². The van der Waals surface area contributed by atoms with Crippen LogP contribution < -0.4 is 5.32 Å². The first-order valence-corrected chi connectivity index (χ1v) is 9.33.